The van der Waals surface area contributed by atoms with E-state index in [9.17, 15) is 4.79 Å². The van der Waals surface area contributed by atoms with Crippen molar-refractivity contribution >= 4 is 17.5 Å². The maximum atomic E-state index is 13.3. The molecule has 27 heavy (non-hydrogen) atoms. The first-order chi connectivity index (χ1) is 13.0. The summed E-state index contributed by atoms with van der Waals surface area (Å²) in [6, 6.07) is 15.5. The lowest BCUT2D eigenvalue weighted by Gasteiger charge is -2.29. The minimum Gasteiger partial charge on any atom is -0.328 e. The number of aryl methyl sites for hydroxylation is 2. The number of nitrogens with one attached hydrogen (secondary N) is 2. The van der Waals surface area contributed by atoms with Crippen LogP contribution in [0.5, 0.6) is 0 Å². The topological polar surface area (TPSA) is 71.8 Å². The Kier molecular flexibility index (Phi) is 4.24. The normalized spacial score (nSPS) is 15.9. The van der Waals surface area contributed by atoms with Gasteiger partial charge in [-0.05, 0) is 38.0 Å². The molecule has 0 saturated carbocycles. The number of fused-ring (bicyclic) bond motifs is 1. The van der Waals surface area contributed by atoms with Gasteiger partial charge in [0.1, 0.15) is 12.4 Å². The van der Waals surface area contributed by atoms with Crippen molar-refractivity contribution in [3.63, 3.8) is 0 Å². The number of aromatic nitrogens is 3. The maximum absolute atomic E-state index is 13.3. The van der Waals surface area contributed by atoms with Gasteiger partial charge in [-0.15, -0.1) is 0 Å². The van der Waals surface area contributed by atoms with Gasteiger partial charge in [-0.3, -0.25) is 4.79 Å². The molecule has 2 N–H and O–H groups in total. The number of allylic oxidation sites excluding steroid dienone is 1. The third-order valence-corrected chi connectivity index (χ3v) is 4.79. The molecule has 0 radical (unpaired) electrons. The molecule has 136 valence electrons. The summed E-state index contributed by atoms with van der Waals surface area (Å²) < 4.78 is 1.76. The van der Waals surface area contributed by atoms with Gasteiger partial charge in [0.15, 0.2) is 0 Å². The molecule has 2 heterocycles. The minimum absolute atomic E-state index is 0.151. The third kappa shape index (κ3) is 3.10. The first-order valence-electron chi connectivity index (χ1n) is 8.85. The van der Waals surface area contributed by atoms with E-state index in [-0.39, 0.29) is 11.9 Å². The van der Waals surface area contributed by atoms with E-state index >= 15 is 0 Å². The van der Waals surface area contributed by atoms with Gasteiger partial charge in [0.2, 0.25) is 5.95 Å². The van der Waals surface area contributed by atoms with Crippen LogP contribution in [0.4, 0.5) is 11.6 Å². The fraction of sp³-hybridized carbons (Fsp3) is 0.190. The molecule has 3 aromatic rings. The van der Waals surface area contributed by atoms with Gasteiger partial charge >= 0.3 is 0 Å². The lowest BCUT2D eigenvalue weighted by atomic mass is 9.94. The van der Waals surface area contributed by atoms with Crippen LogP contribution in [-0.2, 0) is 4.79 Å². The van der Waals surface area contributed by atoms with Gasteiger partial charge in [-0.2, -0.15) is 10.1 Å². The predicted octanol–water partition coefficient (Wildman–Crippen LogP) is 3.82. The zero-order chi connectivity index (χ0) is 19.0. The van der Waals surface area contributed by atoms with Gasteiger partial charge in [0.25, 0.3) is 5.91 Å². The number of para-hydroxylation sites is 1. The lowest BCUT2D eigenvalue weighted by Crippen LogP contribution is -2.31. The van der Waals surface area contributed by atoms with Crippen LogP contribution in [0.15, 0.2) is 66.1 Å². The Morgan fingerprint density at radius 3 is 2.70 bits per heavy atom. The first-order valence-corrected chi connectivity index (χ1v) is 8.85. The van der Waals surface area contributed by atoms with Crippen molar-refractivity contribution in [2.24, 2.45) is 0 Å². The highest BCUT2D eigenvalue weighted by Crippen LogP contribution is 2.35. The van der Waals surface area contributed by atoms with Crippen molar-refractivity contribution in [2.75, 3.05) is 10.6 Å². The van der Waals surface area contributed by atoms with Crippen LogP contribution in [-0.4, -0.2) is 20.7 Å². The minimum atomic E-state index is -0.340. The Bertz CT molecular complexity index is 1050. The Morgan fingerprint density at radius 2 is 1.93 bits per heavy atom. The Morgan fingerprint density at radius 1 is 1.11 bits per heavy atom. The summed E-state index contributed by atoms with van der Waals surface area (Å²) in [6.45, 7) is 5.91. The largest absolute Gasteiger partial charge is 0.328 e. The summed E-state index contributed by atoms with van der Waals surface area (Å²) in [7, 11) is 0. The molecule has 6 nitrogen and oxygen atoms in total. The predicted molar refractivity (Wildman–Crippen MR) is 105 cm³/mol. The number of amides is 1. The summed E-state index contributed by atoms with van der Waals surface area (Å²) in [5.74, 6) is 0.480. The second-order valence-electron chi connectivity index (χ2n) is 6.78. The molecule has 1 aliphatic heterocycles. The number of nitrogens with zero attached hydrogens (tertiary/aromatic N) is 3. The highest BCUT2D eigenvalue weighted by atomic mass is 16.1. The van der Waals surface area contributed by atoms with Crippen LogP contribution < -0.4 is 10.6 Å². The van der Waals surface area contributed by atoms with Crippen LogP contribution in [0.2, 0.25) is 0 Å². The lowest BCUT2D eigenvalue weighted by molar-refractivity contribution is -0.113. The molecule has 1 atom stereocenters. The van der Waals surface area contributed by atoms with E-state index < -0.39 is 0 Å². The van der Waals surface area contributed by atoms with Crippen molar-refractivity contribution in [3.8, 4) is 0 Å². The Balaban J connectivity index is 1.79. The molecule has 4 rings (SSSR count). The number of hydrogen-bond acceptors (Lipinski definition) is 4. The summed E-state index contributed by atoms with van der Waals surface area (Å²) in [6.07, 6.45) is 1.50. The molecule has 1 aliphatic rings. The molecule has 0 fully saturated rings. The number of anilines is 2. The zero-order valence-corrected chi connectivity index (χ0v) is 15.5. The van der Waals surface area contributed by atoms with E-state index in [1.165, 1.54) is 6.33 Å². The highest BCUT2D eigenvalue weighted by molar-refractivity contribution is 6.06. The molecular weight excluding hydrogens is 338 g/mol. The van der Waals surface area contributed by atoms with Gasteiger partial charge in [0, 0.05) is 11.4 Å². The van der Waals surface area contributed by atoms with E-state index in [0.29, 0.717) is 11.5 Å². The van der Waals surface area contributed by atoms with Crippen LogP contribution in [0.25, 0.3) is 0 Å². The molecule has 0 saturated heterocycles. The number of carbonyl (C=O) groups excluding carboxylic acids is 1. The summed E-state index contributed by atoms with van der Waals surface area (Å²) in [4.78, 5) is 17.5. The maximum Gasteiger partial charge on any atom is 0.255 e. The molecule has 0 spiro atoms. The van der Waals surface area contributed by atoms with Crippen LogP contribution in [0, 0.1) is 13.8 Å². The smallest absolute Gasteiger partial charge is 0.255 e. The van der Waals surface area contributed by atoms with Gasteiger partial charge in [-0.25, -0.2) is 4.68 Å². The van der Waals surface area contributed by atoms with Gasteiger partial charge in [-0.1, -0.05) is 48.0 Å². The Hall–Kier alpha value is -3.41. The van der Waals surface area contributed by atoms with Crippen molar-refractivity contribution in [1.29, 1.82) is 0 Å². The van der Waals surface area contributed by atoms with E-state index in [2.05, 4.69) is 26.8 Å². The average Bonchev–Trinajstić information content (AvgIpc) is 3.10. The van der Waals surface area contributed by atoms with Crippen LogP contribution in [0.3, 0.4) is 0 Å². The fourth-order valence-electron chi connectivity index (χ4n) is 3.44. The van der Waals surface area contributed by atoms with Crippen molar-refractivity contribution in [3.05, 3.63) is 82.8 Å². The number of benzene rings is 2. The number of hydrogen-bond donors (Lipinski definition) is 2. The SMILES string of the molecule is CC1=C(C(=O)Nc2ccccc2C)[C@H](c2cccc(C)c2)n2ncnc2N1. The van der Waals surface area contributed by atoms with Crippen molar-refractivity contribution < 1.29 is 4.79 Å². The van der Waals surface area contributed by atoms with Gasteiger partial charge in [0.05, 0.1) is 5.57 Å². The third-order valence-electron chi connectivity index (χ3n) is 4.79. The fourth-order valence-corrected chi connectivity index (χ4v) is 3.44. The summed E-state index contributed by atoms with van der Waals surface area (Å²) in [5.41, 5.74) is 5.34. The van der Waals surface area contributed by atoms with Crippen molar-refractivity contribution in [2.45, 2.75) is 26.8 Å². The number of rotatable bonds is 3. The molecule has 1 amide bonds. The highest BCUT2D eigenvalue weighted by Gasteiger charge is 2.33. The molecule has 0 unspecified atom stereocenters. The molecule has 0 aliphatic carbocycles. The first kappa shape index (κ1) is 17.0. The monoisotopic (exact) mass is 359 g/mol. The standard InChI is InChI=1S/C21H21N5O/c1-13-7-6-9-16(11-13)19-18(15(3)24-21-22-12-23-26(19)21)20(27)25-17-10-5-4-8-14(17)2/h4-12,19H,1-3H3,(H,25,27)(H,22,23,24)/t19-/m0/s1. The second kappa shape index (κ2) is 6.72. The van der Waals surface area contributed by atoms with Crippen LogP contribution in [0.1, 0.15) is 29.7 Å². The zero-order valence-electron chi connectivity index (χ0n) is 15.5. The molecule has 0 bridgehead atoms. The van der Waals surface area contributed by atoms with Crippen LogP contribution >= 0.6 is 0 Å². The Labute approximate surface area is 157 Å². The van der Waals surface area contributed by atoms with E-state index in [1.54, 1.807) is 4.68 Å². The molecule has 1 aromatic heterocycles. The molecule has 6 heteroatoms. The van der Waals surface area contributed by atoms with E-state index in [4.69, 9.17) is 0 Å². The van der Waals surface area contributed by atoms with Gasteiger partial charge < -0.3 is 10.6 Å². The quantitative estimate of drug-likeness (QED) is 0.746. The van der Waals surface area contributed by atoms with Crippen molar-refractivity contribution in [1.82, 2.24) is 14.8 Å². The molecular formula is C21H21N5O. The van der Waals surface area contributed by atoms with E-state index in [0.717, 1.165) is 28.1 Å². The number of carbonyl (C=O) groups is 1. The summed E-state index contributed by atoms with van der Waals surface area (Å²) in [5, 5.41) is 10.6. The second-order valence-corrected chi connectivity index (χ2v) is 6.78. The van der Waals surface area contributed by atoms with E-state index in [1.807, 2.05) is 63.2 Å². The summed E-state index contributed by atoms with van der Waals surface area (Å²) >= 11 is 0. The average molecular weight is 359 g/mol. The molecule has 2 aromatic carbocycles.